The second kappa shape index (κ2) is 6.17. The standard InChI is InChI=1S/C16H13Cl3O/c1-16(15(19)20,10-11-5-3-2-4-6-11)12-7-13(17)9-14(18)8-12/h2-9H,10H2,1H3. The van der Waals surface area contributed by atoms with Crippen molar-refractivity contribution < 1.29 is 4.79 Å². The first-order valence-corrected chi connectivity index (χ1v) is 7.25. The molecule has 0 fully saturated rings. The van der Waals surface area contributed by atoms with Gasteiger partial charge in [-0.3, -0.25) is 4.79 Å². The third-order valence-electron chi connectivity index (χ3n) is 3.33. The van der Waals surface area contributed by atoms with Crippen LogP contribution in [-0.2, 0) is 16.6 Å². The van der Waals surface area contributed by atoms with Crippen LogP contribution >= 0.6 is 34.8 Å². The largest absolute Gasteiger partial charge is 0.280 e. The smallest absolute Gasteiger partial charge is 0.232 e. The summed E-state index contributed by atoms with van der Waals surface area (Å²) in [6.45, 7) is 1.80. The Bertz CT molecular complexity index is 605. The van der Waals surface area contributed by atoms with Crippen LogP contribution in [0.4, 0.5) is 0 Å². The first-order chi connectivity index (χ1) is 9.41. The van der Waals surface area contributed by atoms with Crippen molar-refractivity contribution >= 4 is 40.0 Å². The second-order valence-corrected chi connectivity index (χ2v) is 6.14. The summed E-state index contributed by atoms with van der Waals surface area (Å²) in [6, 6.07) is 14.8. The lowest BCUT2D eigenvalue weighted by atomic mass is 9.78. The molecule has 1 unspecified atom stereocenters. The number of hydrogen-bond acceptors (Lipinski definition) is 1. The third-order valence-corrected chi connectivity index (χ3v) is 4.19. The lowest BCUT2D eigenvalue weighted by Gasteiger charge is -2.26. The molecule has 0 spiro atoms. The first kappa shape index (κ1) is 15.4. The molecular weight excluding hydrogens is 315 g/mol. The van der Waals surface area contributed by atoms with Crippen LogP contribution in [0.2, 0.25) is 10.0 Å². The van der Waals surface area contributed by atoms with Gasteiger partial charge in [-0.25, -0.2) is 0 Å². The lowest BCUT2D eigenvalue weighted by molar-refractivity contribution is -0.116. The second-order valence-electron chi connectivity index (χ2n) is 4.93. The Balaban J connectivity index is 2.46. The lowest BCUT2D eigenvalue weighted by Crippen LogP contribution is -2.31. The molecule has 2 aromatic carbocycles. The van der Waals surface area contributed by atoms with Crippen LogP contribution in [-0.4, -0.2) is 5.24 Å². The van der Waals surface area contributed by atoms with Crippen LogP contribution in [0.25, 0.3) is 0 Å². The van der Waals surface area contributed by atoms with Crippen LogP contribution < -0.4 is 0 Å². The molecule has 0 bridgehead atoms. The Kier molecular flexibility index (Phi) is 4.74. The normalized spacial score (nSPS) is 13.8. The molecule has 0 radical (unpaired) electrons. The van der Waals surface area contributed by atoms with Crippen molar-refractivity contribution in [2.75, 3.05) is 0 Å². The fourth-order valence-electron chi connectivity index (χ4n) is 2.16. The van der Waals surface area contributed by atoms with Gasteiger partial charge in [0.25, 0.3) is 0 Å². The molecule has 1 nitrogen and oxygen atoms in total. The number of carbonyl (C=O) groups is 1. The molecule has 0 heterocycles. The first-order valence-electron chi connectivity index (χ1n) is 6.12. The van der Waals surface area contributed by atoms with Gasteiger partial charge >= 0.3 is 0 Å². The quantitative estimate of drug-likeness (QED) is 0.700. The Hall–Kier alpha value is -1.02. The molecule has 0 amide bonds. The van der Waals surface area contributed by atoms with Gasteiger partial charge in [0, 0.05) is 10.0 Å². The van der Waals surface area contributed by atoms with Gasteiger partial charge in [0.2, 0.25) is 5.24 Å². The Labute approximate surface area is 133 Å². The Morgan fingerprint density at radius 2 is 1.60 bits per heavy atom. The number of rotatable bonds is 4. The molecular formula is C16H13Cl3O. The zero-order valence-corrected chi connectivity index (χ0v) is 13.1. The highest BCUT2D eigenvalue weighted by molar-refractivity contribution is 6.65. The van der Waals surface area contributed by atoms with Crippen molar-refractivity contribution in [3.05, 3.63) is 69.7 Å². The highest BCUT2D eigenvalue weighted by atomic mass is 35.5. The van der Waals surface area contributed by atoms with Crippen molar-refractivity contribution in [1.82, 2.24) is 0 Å². The van der Waals surface area contributed by atoms with Gasteiger partial charge in [-0.05, 0) is 54.3 Å². The van der Waals surface area contributed by atoms with Gasteiger partial charge in [-0.1, -0.05) is 53.5 Å². The molecule has 2 aromatic rings. The van der Waals surface area contributed by atoms with Crippen LogP contribution in [0.1, 0.15) is 18.1 Å². The number of carbonyl (C=O) groups excluding carboxylic acids is 1. The average molecular weight is 328 g/mol. The van der Waals surface area contributed by atoms with E-state index >= 15 is 0 Å². The van der Waals surface area contributed by atoms with Crippen molar-refractivity contribution in [2.24, 2.45) is 0 Å². The SMILES string of the molecule is CC(Cc1ccccc1)(C(=O)Cl)c1cc(Cl)cc(Cl)c1. The molecule has 0 aliphatic rings. The summed E-state index contributed by atoms with van der Waals surface area (Å²) in [4.78, 5) is 12.0. The van der Waals surface area contributed by atoms with E-state index in [2.05, 4.69) is 0 Å². The molecule has 1 atom stereocenters. The molecule has 0 aromatic heterocycles. The summed E-state index contributed by atoms with van der Waals surface area (Å²) < 4.78 is 0. The summed E-state index contributed by atoms with van der Waals surface area (Å²) in [5.74, 6) is 0. The fraction of sp³-hybridized carbons (Fsp3) is 0.188. The van der Waals surface area contributed by atoms with E-state index in [1.807, 2.05) is 30.3 Å². The summed E-state index contributed by atoms with van der Waals surface area (Å²) in [5.41, 5.74) is 0.885. The number of hydrogen-bond donors (Lipinski definition) is 0. The Morgan fingerprint density at radius 3 is 2.10 bits per heavy atom. The monoisotopic (exact) mass is 326 g/mol. The zero-order valence-electron chi connectivity index (χ0n) is 10.9. The van der Waals surface area contributed by atoms with E-state index in [0.717, 1.165) is 11.1 Å². The predicted molar refractivity (Wildman–Crippen MR) is 84.8 cm³/mol. The summed E-state index contributed by atoms with van der Waals surface area (Å²) >= 11 is 17.9. The average Bonchev–Trinajstić information content (AvgIpc) is 2.38. The van der Waals surface area contributed by atoms with Crippen molar-refractivity contribution in [2.45, 2.75) is 18.8 Å². The maximum absolute atomic E-state index is 12.0. The number of halogens is 3. The van der Waals surface area contributed by atoms with Gasteiger partial charge in [0.05, 0.1) is 5.41 Å². The van der Waals surface area contributed by atoms with E-state index < -0.39 is 10.7 Å². The van der Waals surface area contributed by atoms with Gasteiger partial charge in [-0.15, -0.1) is 0 Å². The minimum absolute atomic E-state index is 0.431. The van der Waals surface area contributed by atoms with E-state index in [9.17, 15) is 4.79 Å². The van der Waals surface area contributed by atoms with Crippen LogP contribution in [0.5, 0.6) is 0 Å². The molecule has 0 saturated carbocycles. The highest BCUT2D eigenvalue weighted by Crippen LogP contribution is 2.34. The van der Waals surface area contributed by atoms with Gasteiger partial charge in [-0.2, -0.15) is 0 Å². The number of benzene rings is 2. The molecule has 20 heavy (non-hydrogen) atoms. The summed E-state index contributed by atoms with van der Waals surface area (Å²) in [6.07, 6.45) is 0.493. The topological polar surface area (TPSA) is 17.1 Å². The summed E-state index contributed by atoms with van der Waals surface area (Å²) in [7, 11) is 0. The third kappa shape index (κ3) is 3.35. The van der Waals surface area contributed by atoms with Gasteiger partial charge < -0.3 is 0 Å². The van der Waals surface area contributed by atoms with Crippen molar-refractivity contribution in [3.8, 4) is 0 Å². The predicted octanol–water partition coefficient (Wildman–Crippen LogP) is 5.26. The van der Waals surface area contributed by atoms with Gasteiger partial charge in [0.15, 0.2) is 0 Å². The fourth-order valence-corrected chi connectivity index (χ4v) is 2.86. The van der Waals surface area contributed by atoms with E-state index in [4.69, 9.17) is 34.8 Å². The molecule has 0 saturated heterocycles. The van der Waals surface area contributed by atoms with Crippen LogP contribution in [0.3, 0.4) is 0 Å². The molecule has 0 N–H and O–H groups in total. The minimum atomic E-state index is -0.864. The molecule has 2 rings (SSSR count). The van der Waals surface area contributed by atoms with E-state index in [-0.39, 0.29) is 0 Å². The van der Waals surface area contributed by atoms with Crippen molar-refractivity contribution in [1.29, 1.82) is 0 Å². The van der Waals surface area contributed by atoms with E-state index in [1.54, 1.807) is 25.1 Å². The Morgan fingerprint density at radius 1 is 1.05 bits per heavy atom. The van der Waals surface area contributed by atoms with Crippen molar-refractivity contribution in [3.63, 3.8) is 0 Å². The molecule has 0 aliphatic carbocycles. The minimum Gasteiger partial charge on any atom is -0.280 e. The molecule has 4 heteroatoms. The van der Waals surface area contributed by atoms with E-state index in [1.165, 1.54) is 0 Å². The maximum Gasteiger partial charge on any atom is 0.232 e. The van der Waals surface area contributed by atoms with E-state index in [0.29, 0.717) is 16.5 Å². The molecule has 0 aliphatic heterocycles. The van der Waals surface area contributed by atoms with Crippen LogP contribution in [0, 0.1) is 0 Å². The molecule has 104 valence electrons. The van der Waals surface area contributed by atoms with Crippen LogP contribution in [0.15, 0.2) is 48.5 Å². The zero-order chi connectivity index (χ0) is 14.8. The summed E-state index contributed by atoms with van der Waals surface area (Å²) in [5, 5.41) is 0.550. The van der Waals surface area contributed by atoms with Gasteiger partial charge in [0.1, 0.15) is 0 Å². The highest BCUT2D eigenvalue weighted by Gasteiger charge is 2.34. The maximum atomic E-state index is 12.0.